The first-order valence-electron chi connectivity index (χ1n) is 9.89. The van der Waals surface area contributed by atoms with Crippen molar-refractivity contribution in [1.82, 2.24) is 4.90 Å². The summed E-state index contributed by atoms with van der Waals surface area (Å²) in [6.07, 6.45) is 1.57. The van der Waals surface area contributed by atoms with Crippen molar-refractivity contribution in [3.05, 3.63) is 103 Å². The van der Waals surface area contributed by atoms with Crippen LogP contribution >= 0.6 is 39.3 Å². The molecule has 33 heavy (non-hydrogen) atoms. The van der Waals surface area contributed by atoms with Crippen molar-refractivity contribution in [2.75, 3.05) is 0 Å². The zero-order valence-corrected chi connectivity index (χ0v) is 20.5. The number of aryl methyl sites for hydroxylation is 1. The molecule has 1 aliphatic heterocycles. The number of rotatable bonds is 5. The third kappa shape index (κ3) is 5.38. The first-order valence-corrected chi connectivity index (χ1v) is 11.9. The van der Waals surface area contributed by atoms with Crippen molar-refractivity contribution >= 4 is 62.5 Å². The van der Waals surface area contributed by atoms with E-state index in [1.54, 1.807) is 48.5 Å². The Hall–Kier alpha value is -2.87. The largest absolute Gasteiger partial charge is 0.422 e. The van der Waals surface area contributed by atoms with Crippen molar-refractivity contribution in [2.24, 2.45) is 0 Å². The minimum absolute atomic E-state index is 0.200. The second kappa shape index (κ2) is 9.95. The highest BCUT2D eigenvalue weighted by molar-refractivity contribution is 9.10. The first-order chi connectivity index (χ1) is 15.8. The van der Waals surface area contributed by atoms with Crippen molar-refractivity contribution < 1.29 is 19.1 Å². The van der Waals surface area contributed by atoms with Gasteiger partial charge in [-0.3, -0.25) is 14.5 Å². The molecule has 0 bridgehead atoms. The SMILES string of the molecule is Cc1ccccc1CN1C(=O)S/C(=C\c2cc(Br)ccc2OC(=O)c2ccc(Cl)cc2)C1=O. The van der Waals surface area contributed by atoms with Crippen molar-refractivity contribution in [2.45, 2.75) is 13.5 Å². The van der Waals surface area contributed by atoms with Crippen LogP contribution < -0.4 is 4.74 Å². The van der Waals surface area contributed by atoms with Crippen LogP contribution in [0.25, 0.3) is 6.08 Å². The molecule has 0 radical (unpaired) electrons. The van der Waals surface area contributed by atoms with Crippen LogP contribution in [-0.2, 0) is 11.3 Å². The van der Waals surface area contributed by atoms with Gasteiger partial charge >= 0.3 is 5.97 Å². The maximum absolute atomic E-state index is 13.0. The number of thioether (sulfide) groups is 1. The molecular formula is C25H17BrClNO4S. The van der Waals surface area contributed by atoms with Gasteiger partial charge in [-0.1, -0.05) is 51.8 Å². The number of ether oxygens (including phenoxy) is 1. The Kier molecular flexibility index (Phi) is 7.02. The fourth-order valence-corrected chi connectivity index (χ4v) is 4.54. The summed E-state index contributed by atoms with van der Waals surface area (Å²) in [5, 5.41) is 0.168. The van der Waals surface area contributed by atoms with Gasteiger partial charge < -0.3 is 4.74 Å². The number of hydrogen-bond acceptors (Lipinski definition) is 5. The zero-order chi connectivity index (χ0) is 23.5. The molecule has 0 atom stereocenters. The Morgan fingerprint density at radius 2 is 1.82 bits per heavy atom. The number of esters is 1. The predicted molar refractivity (Wildman–Crippen MR) is 133 cm³/mol. The zero-order valence-electron chi connectivity index (χ0n) is 17.4. The van der Waals surface area contributed by atoms with Gasteiger partial charge in [-0.05, 0) is 78.4 Å². The molecule has 0 saturated carbocycles. The smallest absolute Gasteiger partial charge is 0.343 e. The van der Waals surface area contributed by atoms with Gasteiger partial charge in [0.2, 0.25) is 0 Å². The first kappa shape index (κ1) is 23.3. The van der Waals surface area contributed by atoms with Crippen LogP contribution in [0.1, 0.15) is 27.0 Å². The van der Waals surface area contributed by atoms with Crippen LogP contribution in [0.4, 0.5) is 4.79 Å². The number of halogens is 2. The Bertz CT molecular complexity index is 1290. The molecule has 1 fully saturated rings. The molecule has 4 rings (SSSR count). The van der Waals surface area contributed by atoms with E-state index in [9.17, 15) is 14.4 Å². The molecule has 2 amide bonds. The molecule has 0 spiro atoms. The van der Waals surface area contributed by atoms with E-state index < -0.39 is 5.97 Å². The lowest BCUT2D eigenvalue weighted by molar-refractivity contribution is -0.123. The highest BCUT2D eigenvalue weighted by Crippen LogP contribution is 2.36. The molecule has 1 heterocycles. The lowest BCUT2D eigenvalue weighted by Gasteiger charge is -2.14. The number of hydrogen-bond donors (Lipinski definition) is 0. The molecular weight excluding hydrogens is 526 g/mol. The van der Waals surface area contributed by atoms with Gasteiger partial charge in [0.05, 0.1) is 17.0 Å². The number of benzene rings is 3. The third-order valence-electron chi connectivity index (χ3n) is 5.00. The van der Waals surface area contributed by atoms with E-state index in [-0.39, 0.29) is 28.3 Å². The van der Waals surface area contributed by atoms with Crippen LogP contribution in [0.15, 0.2) is 76.1 Å². The Morgan fingerprint density at radius 1 is 1.09 bits per heavy atom. The summed E-state index contributed by atoms with van der Waals surface area (Å²) in [7, 11) is 0. The molecule has 1 saturated heterocycles. The van der Waals surface area contributed by atoms with E-state index in [1.807, 2.05) is 31.2 Å². The van der Waals surface area contributed by atoms with E-state index in [0.29, 0.717) is 16.1 Å². The summed E-state index contributed by atoms with van der Waals surface area (Å²) in [4.78, 5) is 39.6. The minimum atomic E-state index is -0.559. The van der Waals surface area contributed by atoms with Gasteiger partial charge in [0, 0.05) is 15.1 Å². The van der Waals surface area contributed by atoms with Gasteiger partial charge in [-0.2, -0.15) is 0 Å². The summed E-state index contributed by atoms with van der Waals surface area (Å²) in [6, 6.07) is 19.0. The topological polar surface area (TPSA) is 63.7 Å². The lowest BCUT2D eigenvalue weighted by Crippen LogP contribution is -2.27. The molecule has 166 valence electrons. The van der Waals surface area contributed by atoms with Crippen LogP contribution in [0.2, 0.25) is 5.02 Å². The van der Waals surface area contributed by atoms with Crippen LogP contribution in [0.5, 0.6) is 5.75 Å². The summed E-state index contributed by atoms with van der Waals surface area (Å²) in [5.41, 5.74) is 2.74. The average Bonchev–Trinajstić information content (AvgIpc) is 3.05. The highest BCUT2D eigenvalue weighted by atomic mass is 79.9. The summed E-state index contributed by atoms with van der Waals surface area (Å²) >= 11 is 10.1. The molecule has 3 aromatic rings. The standard InChI is InChI=1S/C25H17BrClNO4S/c1-15-4-2-3-5-17(15)14-28-23(29)22(33-25(28)31)13-18-12-19(26)8-11-21(18)32-24(30)16-6-9-20(27)10-7-16/h2-13H,14H2,1H3/b22-13-. The van der Waals surface area contributed by atoms with E-state index >= 15 is 0 Å². The van der Waals surface area contributed by atoms with E-state index in [0.717, 1.165) is 27.4 Å². The van der Waals surface area contributed by atoms with E-state index in [1.165, 1.54) is 4.90 Å². The van der Waals surface area contributed by atoms with Gasteiger partial charge in [-0.25, -0.2) is 4.79 Å². The van der Waals surface area contributed by atoms with Crippen molar-refractivity contribution in [1.29, 1.82) is 0 Å². The maximum Gasteiger partial charge on any atom is 0.343 e. The van der Waals surface area contributed by atoms with Gasteiger partial charge in [0.1, 0.15) is 5.75 Å². The molecule has 3 aromatic carbocycles. The van der Waals surface area contributed by atoms with Gasteiger partial charge in [0.15, 0.2) is 0 Å². The molecule has 8 heteroatoms. The molecule has 1 aliphatic rings. The third-order valence-corrected chi connectivity index (χ3v) is 6.66. The number of nitrogens with zero attached hydrogens (tertiary/aromatic N) is 1. The lowest BCUT2D eigenvalue weighted by atomic mass is 10.1. The monoisotopic (exact) mass is 541 g/mol. The van der Waals surface area contributed by atoms with Crippen LogP contribution in [0.3, 0.4) is 0 Å². The molecule has 0 aromatic heterocycles. The Balaban J connectivity index is 1.59. The molecule has 0 aliphatic carbocycles. The predicted octanol–water partition coefficient (Wildman–Crippen LogP) is 6.87. The quantitative estimate of drug-likeness (QED) is 0.200. The number of carbonyl (C=O) groups excluding carboxylic acids is 3. The van der Waals surface area contributed by atoms with Gasteiger partial charge in [-0.15, -0.1) is 0 Å². The van der Waals surface area contributed by atoms with Crippen LogP contribution in [-0.4, -0.2) is 22.0 Å². The fourth-order valence-electron chi connectivity index (χ4n) is 3.21. The second-order valence-corrected chi connectivity index (χ2v) is 9.62. The van der Waals surface area contributed by atoms with E-state index in [2.05, 4.69) is 15.9 Å². The number of carbonyl (C=O) groups is 3. The van der Waals surface area contributed by atoms with Crippen molar-refractivity contribution in [3.63, 3.8) is 0 Å². The summed E-state index contributed by atoms with van der Waals surface area (Å²) in [5.74, 6) is -0.677. The summed E-state index contributed by atoms with van der Waals surface area (Å²) < 4.78 is 6.31. The minimum Gasteiger partial charge on any atom is -0.422 e. The Labute approximate surface area is 208 Å². The number of imide groups is 1. The van der Waals surface area contributed by atoms with E-state index in [4.69, 9.17) is 16.3 Å². The normalized spacial score (nSPS) is 14.8. The fraction of sp³-hybridized carbons (Fsp3) is 0.0800. The van der Waals surface area contributed by atoms with Crippen molar-refractivity contribution in [3.8, 4) is 5.75 Å². The molecule has 0 N–H and O–H groups in total. The molecule has 5 nitrogen and oxygen atoms in total. The Morgan fingerprint density at radius 3 is 2.55 bits per heavy atom. The number of amides is 2. The van der Waals surface area contributed by atoms with Crippen LogP contribution in [0, 0.1) is 6.92 Å². The highest BCUT2D eigenvalue weighted by Gasteiger charge is 2.35. The van der Waals surface area contributed by atoms with Gasteiger partial charge in [0.25, 0.3) is 11.1 Å². The average molecular weight is 543 g/mol. The molecule has 0 unspecified atom stereocenters. The summed E-state index contributed by atoms with van der Waals surface area (Å²) in [6.45, 7) is 2.14. The second-order valence-electron chi connectivity index (χ2n) is 7.27. The maximum atomic E-state index is 13.0.